The molecule has 3 rings (SSSR count). The van der Waals surface area contributed by atoms with Crippen LogP contribution >= 0.6 is 0 Å². The van der Waals surface area contributed by atoms with E-state index >= 15 is 0 Å². The highest BCUT2D eigenvalue weighted by atomic mass is 32.2. The van der Waals surface area contributed by atoms with E-state index in [1.807, 2.05) is 17.9 Å². The van der Waals surface area contributed by atoms with Gasteiger partial charge in [-0.3, -0.25) is 14.5 Å². The van der Waals surface area contributed by atoms with Gasteiger partial charge >= 0.3 is 0 Å². The Labute approximate surface area is 165 Å². The van der Waals surface area contributed by atoms with Gasteiger partial charge in [0.05, 0.1) is 11.8 Å². The van der Waals surface area contributed by atoms with Crippen LogP contribution < -0.4 is 5.32 Å². The number of hydrogen-bond donors (Lipinski definition) is 1. The molecule has 10 heteroatoms. The maximum absolute atomic E-state index is 12.9. The zero-order valence-corrected chi connectivity index (χ0v) is 16.9. The molecule has 0 bridgehead atoms. The van der Waals surface area contributed by atoms with E-state index in [0.717, 1.165) is 10.00 Å². The molecule has 0 radical (unpaired) electrons. The molecular weight excluding hydrogens is 384 g/mol. The molecule has 9 nitrogen and oxygen atoms in total. The Morgan fingerprint density at radius 1 is 1.39 bits per heavy atom. The molecule has 2 saturated heterocycles. The van der Waals surface area contributed by atoms with Crippen LogP contribution in [0.15, 0.2) is 18.2 Å². The summed E-state index contributed by atoms with van der Waals surface area (Å²) in [6.07, 6.45) is 0.833. The van der Waals surface area contributed by atoms with Gasteiger partial charge in [0.1, 0.15) is 5.69 Å². The fourth-order valence-corrected chi connectivity index (χ4v) is 5.18. The zero-order chi connectivity index (χ0) is 20.3. The monoisotopic (exact) mass is 410 g/mol. The van der Waals surface area contributed by atoms with Crippen molar-refractivity contribution in [3.05, 3.63) is 29.6 Å². The maximum Gasteiger partial charge on any atom is 0.270 e. The molecule has 1 aromatic heterocycles. The number of nitrogens with zero attached hydrogens (tertiary/aromatic N) is 3. The summed E-state index contributed by atoms with van der Waals surface area (Å²) < 4.78 is 30.9. The molecule has 0 spiro atoms. The van der Waals surface area contributed by atoms with Crippen molar-refractivity contribution in [2.24, 2.45) is 0 Å². The van der Waals surface area contributed by atoms with E-state index in [9.17, 15) is 18.0 Å². The average molecular weight is 410 g/mol. The first-order chi connectivity index (χ1) is 13.3. The average Bonchev–Trinajstić information content (AvgIpc) is 3.02. The van der Waals surface area contributed by atoms with Crippen molar-refractivity contribution in [1.82, 2.24) is 19.5 Å². The first kappa shape index (κ1) is 20.7. The molecule has 0 saturated carbocycles. The van der Waals surface area contributed by atoms with E-state index in [0.29, 0.717) is 31.7 Å². The normalized spacial score (nSPS) is 24.6. The van der Waals surface area contributed by atoms with E-state index in [2.05, 4.69) is 10.3 Å². The van der Waals surface area contributed by atoms with E-state index in [1.54, 1.807) is 12.1 Å². The van der Waals surface area contributed by atoms with Crippen molar-refractivity contribution < 1.29 is 22.7 Å². The summed E-state index contributed by atoms with van der Waals surface area (Å²) in [5.41, 5.74) is 1.08. The van der Waals surface area contributed by atoms with Crippen LogP contribution in [0.5, 0.6) is 0 Å². The molecule has 2 aliphatic rings. The second-order valence-electron chi connectivity index (χ2n) is 7.15. The molecule has 1 N–H and O–H groups in total. The Kier molecular flexibility index (Phi) is 6.31. The van der Waals surface area contributed by atoms with Crippen LogP contribution in [0, 0.1) is 6.92 Å². The first-order valence-electron chi connectivity index (χ1n) is 9.33. The highest BCUT2D eigenvalue weighted by Crippen LogP contribution is 2.25. The highest BCUT2D eigenvalue weighted by molar-refractivity contribution is 7.89. The second kappa shape index (κ2) is 8.54. The topological polar surface area (TPSA) is 109 Å². The molecule has 2 atom stereocenters. The number of methoxy groups -OCH3 is 1. The molecule has 0 aromatic carbocycles. The number of amides is 2. The highest BCUT2D eigenvalue weighted by Gasteiger charge is 2.45. The number of carbonyl (C=O) groups excluding carboxylic acids is 2. The molecule has 3 heterocycles. The van der Waals surface area contributed by atoms with E-state index in [1.165, 1.54) is 7.11 Å². The van der Waals surface area contributed by atoms with Crippen LogP contribution in [-0.4, -0.2) is 85.6 Å². The molecule has 1 aromatic rings. The van der Waals surface area contributed by atoms with Crippen LogP contribution in [0.4, 0.5) is 0 Å². The van der Waals surface area contributed by atoms with Crippen molar-refractivity contribution in [2.45, 2.75) is 31.8 Å². The Morgan fingerprint density at radius 2 is 2.18 bits per heavy atom. The van der Waals surface area contributed by atoms with Gasteiger partial charge in [0.15, 0.2) is 0 Å². The second-order valence-corrected chi connectivity index (χ2v) is 9.17. The van der Waals surface area contributed by atoms with Gasteiger partial charge in [0.25, 0.3) is 11.8 Å². The number of nitrogens with one attached hydrogen (secondary N) is 1. The molecule has 2 unspecified atom stereocenters. The van der Waals surface area contributed by atoms with Crippen LogP contribution in [-0.2, 0) is 19.6 Å². The largest absolute Gasteiger partial charge is 0.385 e. The SMILES string of the molecule is COCCCN1C(=O)C2CC(NC(=O)c3cccc(C)n3)CN2CCS1(=O)=O. The van der Waals surface area contributed by atoms with Gasteiger partial charge in [-0.05, 0) is 31.9 Å². The summed E-state index contributed by atoms with van der Waals surface area (Å²) in [4.78, 5) is 31.4. The van der Waals surface area contributed by atoms with Gasteiger partial charge in [-0.25, -0.2) is 17.7 Å². The van der Waals surface area contributed by atoms with Gasteiger partial charge in [-0.15, -0.1) is 0 Å². The summed E-state index contributed by atoms with van der Waals surface area (Å²) in [5, 5.41) is 2.92. The summed E-state index contributed by atoms with van der Waals surface area (Å²) in [6.45, 7) is 3.02. The van der Waals surface area contributed by atoms with Crippen molar-refractivity contribution >= 4 is 21.8 Å². The number of carbonyl (C=O) groups is 2. The fraction of sp³-hybridized carbons (Fsp3) is 0.611. The number of aromatic nitrogens is 1. The number of aryl methyl sites for hydroxylation is 1. The Morgan fingerprint density at radius 3 is 2.89 bits per heavy atom. The van der Waals surface area contributed by atoms with Crippen LogP contribution in [0.2, 0.25) is 0 Å². The maximum atomic E-state index is 12.9. The summed E-state index contributed by atoms with van der Waals surface area (Å²) in [5.74, 6) is -0.815. The third-order valence-electron chi connectivity index (χ3n) is 5.07. The zero-order valence-electron chi connectivity index (χ0n) is 16.1. The van der Waals surface area contributed by atoms with Crippen molar-refractivity contribution in [2.75, 3.05) is 39.1 Å². The third kappa shape index (κ3) is 4.50. The summed E-state index contributed by atoms with van der Waals surface area (Å²) in [6, 6.07) is 4.45. The number of rotatable bonds is 6. The van der Waals surface area contributed by atoms with Gasteiger partial charge in [0, 0.05) is 45.1 Å². The van der Waals surface area contributed by atoms with Crippen LogP contribution in [0.3, 0.4) is 0 Å². The van der Waals surface area contributed by atoms with Crippen LogP contribution in [0.25, 0.3) is 0 Å². The standard InChI is InChI=1S/C18H26N4O5S/c1-13-5-3-6-15(19-13)17(23)20-14-11-16-18(24)22(7-4-9-27-2)28(25,26)10-8-21(16)12-14/h3,5-6,14,16H,4,7-12H2,1-2H3,(H,20,23). The van der Waals surface area contributed by atoms with Gasteiger partial charge in [0.2, 0.25) is 10.0 Å². The van der Waals surface area contributed by atoms with E-state index in [-0.39, 0.29) is 30.8 Å². The molecule has 2 amide bonds. The van der Waals surface area contributed by atoms with Gasteiger partial charge < -0.3 is 10.1 Å². The van der Waals surface area contributed by atoms with Crippen molar-refractivity contribution in [3.63, 3.8) is 0 Å². The Hall–Kier alpha value is -2.04. The van der Waals surface area contributed by atoms with Gasteiger partial charge in [-0.2, -0.15) is 0 Å². The lowest BCUT2D eigenvalue weighted by atomic mass is 10.1. The fourth-order valence-electron chi connectivity index (χ4n) is 3.69. The lowest BCUT2D eigenvalue weighted by Crippen LogP contribution is -2.44. The Bertz CT molecular complexity index is 844. The van der Waals surface area contributed by atoms with E-state index < -0.39 is 22.0 Å². The number of fused-ring (bicyclic) bond motifs is 1. The molecule has 154 valence electrons. The molecule has 0 aliphatic carbocycles. The van der Waals surface area contributed by atoms with Crippen molar-refractivity contribution in [3.8, 4) is 0 Å². The van der Waals surface area contributed by atoms with Gasteiger partial charge in [-0.1, -0.05) is 6.07 Å². The molecule has 2 fully saturated rings. The predicted molar refractivity (Wildman–Crippen MR) is 102 cm³/mol. The summed E-state index contributed by atoms with van der Waals surface area (Å²) >= 11 is 0. The third-order valence-corrected chi connectivity index (χ3v) is 6.80. The van der Waals surface area contributed by atoms with Crippen LogP contribution in [0.1, 0.15) is 29.0 Å². The number of pyridine rings is 1. The Balaban J connectivity index is 1.68. The lowest BCUT2D eigenvalue weighted by molar-refractivity contribution is -0.130. The summed E-state index contributed by atoms with van der Waals surface area (Å²) in [7, 11) is -2.10. The predicted octanol–water partition coefficient (Wildman–Crippen LogP) is -0.229. The minimum absolute atomic E-state index is 0.109. The molecular formula is C18H26N4O5S. The number of ether oxygens (including phenoxy) is 1. The quantitative estimate of drug-likeness (QED) is 0.645. The smallest absolute Gasteiger partial charge is 0.270 e. The molecule has 2 aliphatic heterocycles. The number of sulfonamides is 1. The lowest BCUT2D eigenvalue weighted by Gasteiger charge is -2.23. The minimum Gasteiger partial charge on any atom is -0.385 e. The number of hydrogen-bond acceptors (Lipinski definition) is 7. The minimum atomic E-state index is -3.63. The first-order valence-corrected chi connectivity index (χ1v) is 10.9. The van der Waals surface area contributed by atoms with Crippen molar-refractivity contribution in [1.29, 1.82) is 0 Å². The molecule has 28 heavy (non-hydrogen) atoms. The van der Waals surface area contributed by atoms with E-state index in [4.69, 9.17) is 4.74 Å².